The molecule has 0 amide bonds. The highest BCUT2D eigenvalue weighted by Gasteiger charge is 2.70. The zero-order valence-corrected chi connectivity index (χ0v) is 13.1. The maximum atomic E-state index is 6.33. The van der Waals surface area contributed by atoms with Crippen LogP contribution in [0, 0.1) is 11.3 Å². The lowest BCUT2D eigenvalue weighted by atomic mass is 9.69. The summed E-state index contributed by atoms with van der Waals surface area (Å²) in [5, 5.41) is 1.82. The summed E-state index contributed by atoms with van der Waals surface area (Å²) in [5.41, 5.74) is 0.927. The van der Waals surface area contributed by atoms with Crippen LogP contribution in [0.4, 0.5) is 0 Å². The van der Waals surface area contributed by atoms with E-state index >= 15 is 0 Å². The van der Waals surface area contributed by atoms with E-state index in [1.807, 2.05) is 30.3 Å². The van der Waals surface area contributed by atoms with E-state index in [1.54, 1.807) is 0 Å². The maximum Gasteiger partial charge on any atom is 0.185 e. The molecular formula is C17H21NO5. The Balaban J connectivity index is 1.45. The van der Waals surface area contributed by atoms with Crippen LogP contribution in [0.2, 0.25) is 0 Å². The Labute approximate surface area is 135 Å². The molecule has 0 aromatic heterocycles. The first kappa shape index (κ1) is 14.3. The molecule has 23 heavy (non-hydrogen) atoms. The predicted molar refractivity (Wildman–Crippen MR) is 79.0 cm³/mol. The number of hydrogen-bond acceptors (Lipinski definition) is 6. The summed E-state index contributed by atoms with van der Waals surface area (Å²) in [6.45, 7) is 2.41. The normalized spacial score (nSPS) is 45.2. The predicted octanol–water partition coefficient (Wildman–Crippen LogP) is 1.16. The van der Waals surface area contributed by atoms with E-state index in [0.29, 0.717) is 26.4 Å². The third-order valence-electron chi connectivity index (χ3n) is 5.66. The molecule has 4 saturated heterocycles. The first-order valence-corrected chi connectivity index (χ1v) is 8.19. The highest BCUT2D eigenvalue weighted by molar-refractivity contribution is 5.15. The molecule has 4 heterocycles. The van der Waals surface area contributed by atoms with Crippen LogP contribution in [0.3, 0.4) is 0 Å². The van der Waals surface area contributed by atoms with E-state index in [4.69, 9.17) is 23.8 Å². The first-order chi connectivity index (χ1) is 11.3. The summed E-state index contributed by atoms with van der Waals surface area (Å²) in [6.07, 6.45) is -0.538. The molecule has 0 N–H and O–H groups in total. The lowest BCUT2D eigenvalue weighted by Gasteiger charge is -2.45. The van der Waals surface area contributed by atoms with Crippen molar-refractivity contribution in [3.8, 4) is 0 Å². The summed E-state index contributed by atoms with van der Waals surface area (Å²) in [6, 6.07) is 10.2. The summed E-state index contributed by atoms with van der Waals surface area (Å²) >= 11 is 0. The Morgan fingerprint density at radius 3 is 2.96 bits per heavy atom. The molecule has 6 heteroatoms. The van der Waals surface area contributed by atoms with E-state index in [2.05, 4.69) is 12.1 Å². The molecule has 4 fully saturated rings. The lowest BCUT2D eigenvalue weighted by Crippen LogP contribution is -2.59. The van der Waals surface area contributed by atoms with Gasteiger partial charge < -0.3 is 18.9 Å². The van der Waals surface area contributed by atoms with Crippen molar-refractivity contribution < 1.29 is 23.8 Å². The van der Waals surface area contributed by atoms with Crippen molar-refractivity contribution in [2.45, 2.75) is 31.3 Å². The van der Waals surface area contributed by atoms with Crippen LogP contribution in [0.5, 0.6) is 0 Å². The van der Waals surface area contributed by atoms with Gasteiger partial charge in [-0.25, -0.2) is 0 Å². The summed E-state index contributed by atoms with van der Waals surface area (Å²) in [5.74, 6) is 0.247. The second-order valence-electron chi connectivity index (χ2n) is 6.82. The second-order valence-corrected chi connectivity index (χ2v) is 6.82. The van der Waals surface area contributed by atoms with Crippen LogP contribution in [0.15, 0.2) is 30.3 Å². The molecule has 6 nitrogen and oxygen atoms in total. The average molecular weight is 319 g/mol. The van der Waals surface area contributed by atoms with Gasteiger partial charge in [0.05, 0.1) is 37.9 Å². The third kappa shape index (κ3) is 1.97. The van der Waals surface area contributed by atoms with Gasteiger partial charge in [-0.15, -0.1) is 0 Å². The van der Waals surface area contributed by atoms with Crippen molar-refractivity contribution in [2.75, 3.05) is 26.9 Å². The minimum atomic E-state index is -0.334. The van der Waals surface area contributed by atoms with E-state index in [-0.39, 0.29) is 36.1 Å². The van der Waals surface area contributed by atoms with Gasteiger partial charge >= 0.3 is 0 Å². The van der Waals surface area contributed by atoms with Gasteiger partial charge in [0.2, 0.25) is 0 Å². The standard InChI is InChI=1S/C17H21NO5/c1-18-16-17(10-22-18)12(8-21-16)13-9-20-15(23-13)14(17)19-7-11-5-3-2-4-6-11/h2-6,12-16H,7-10H2,1H3/t12-,13+,14-,15+,16-,17+/m0/s1. The molecule has 4 aliphatic heterocycles. The average Bonchev–Trinajstić information content (AvgIpc) is 3.24. The number of benzene rings is 1. The van der Waals surface area contributed by atoms with Gasteiger partial charge in [-0.1, -0.05) is 30.3 Å². The van der Waals surface area contributed by atoms with Crippen molar-refractivity contribution in [1.29, 1.82) is 0 Å². The van der Waals surface area contributed by atoms with E-state index < -0.39 is 0 Å². The van der Waals surface area contributed by atoms with Crippen LogP contribution < -0.4 is 0 Å². The molecule has 1 spiro atoms. The first-order valence-electron chi connectivity index (χ1n) is 8.19. The molecule has 5 rings (SSSR count). The van der Waals surface area contributed by atoms with Crippen LogP contribution in [0.25, 0.3) is 0 Å². The number of hydrogen-bond donors (Lipinski definition) is 0. The molecule has 0 unspecified atom stereocenters. The maximum absolute atomic E-state index is 6.33. The van der Waals surface area contributed by atoms with E-state index in [0.717, 1.165) is 5.56 Å². The minimum Gasteiger partial charge on any atom is -0.367 e. The van der Waals surface area contributed by atoms with Gasteiger partial charge in [-0.05, 0) is 5.56 Å². The van der Waals surface area contributed by atoms with Crippen molar-refractivity contribution in [1.82, 2.24) is 5.06 Å². The Bertz CT molecular complexity index is 584. The Hall–Kier alpha value is -1.02. The van der Waals surface area contributed by atoms with E-state index in [1.165, 1.54) is 0 Å². The van der Waals surface area contributed by atoms with Gasteiger partial charge in [-0.2, -0.15) is 5.06 Å². The van der Waals surface area contributed by atoms with Crippen molar-refractivity contribution in [3.05, 3.63) is 35.9 Å². The van der Waals surface area contributed by atoms with Gasteiger partial charge in [-0.3, -0.25) is 4.84 Å². The molecule has 1 aromatic rings. The fraction of sp³-hybridized carbons (Fsp3) is 0.647. The highest BCUT2D eigenvalue weighted by atomic mass is 16.8. The Morgan fingerprint density at radius 2 is 2.09 bits per heavy atom. The third-order valence-corrected chi connectivity index (χ3v) is 5.66. The van der Waals surface area contributed by atoms with E-state index in [9.17, 15) is 0 Å². The number of hydroxylamine groups is 2. The zero-order chi connectivity index (χ0) is 15.4. The van der Waals surface area contributed by atoms with Gasteiger partial charge in [0, 0.05) is 13.0 Å². The quantitative estimate of drug-likeness (QED) is 0.833. The van der Waals surface area contributed by atoms with Crippen LogP contribution >= 0.6 is 0 Å². The van der Waals surface area contributed by atoms with Gasteiger partial charge in [0.1, 0.15) is 12.3 Å². The molecule has 124 valence electrons. The van der Waals surface area contributed by atoms with Gasteiger partial charge in [0.15, 0.2) is 6.29 Å². The molecule has 6 atom stereocenters. The van der Waals surface area contributed by atoms with Crippen molar-refractivity contribution in [2.24, 2.45) is 11.3 Å². The van der Waals surface area contributed by atoms with Crippen LogP contribution in [0.1, 0.15) is 5.56 Å². The Kier molecular flexibility index (Phi) is 3.27. The summed E-state index contributed by atoms with van der Waals surface area (Å²) in [4.78, 5) is 5.80. The number of nitrogens with zero attached hydrogens (tertiary/aromatic N) is 1. The minimum absolute atomic E-state index is 0.0803. The second kappa shape index (κ2) is 5.24. The topological polar surface area (TPSA) is 49.4 Å². The lowest BCUT2D eigenvalue weighted by molar-refractivity contribution is -0.244. The van der Waals surface area contributed by atoms with Crippen LogP contribution in [-0.4, -0.2) is 56.7 Å². The van der Waals surface area contributed by atoms with Crippen molar-refractivity contribution in [3.63, 3.8) is 0 Å². The van der Waals surface area contributed by atoms with Crippen molar-refractivity contribution >= 4 is 0 Å². The fourth-order valence-corrected chi connectivity index (χ4v) is 4.54. The fourth-order valence-electron chi connectivity index (χ4n) is 4.54. The molecule has 0 aliphatic carbocycles. The molecule has 0 saturated carbocycles. The molecule has 0 radical (unpaired) electrons. The summed E-state index contributed by atoms with van der Waals surface area (Å²) < 4.78 is 24.3. The molecule has 2 bridgehead atoms. The molecule has 1 aromatic carbocycles. The monoisotopic (exact) mass is 319 g/mol. The highest BCUT2D eigenvalue weighted by Crippen LogP contribution is 2.56. The Morgan fingerprint density at radius 1 is 1.22 bits per heavy atom. The largest absolute Gasteiger partial charge is 0.367 e. The smallest absolute Gasteiger partial charge is 0.185 e. The number of ether oxygens (including phenoxy) is 4. The number of fused-ring (bicyclic) bond motifs is 3. The zero-order valence-electron chi connectivity index (χ0n) is 13.1. The molecular weight excluding hydrogens is 298 g/mol. The SMILES string of the molecule is CN1OC[C@@]23[C@@H]1OC[C@H]2[C@H]1CO[C@H](O1)[C@@H]3OCc1ccccc1. The summed E-state index contributed by atoms with van der Waals surface area (Å²) in [7, 11) is 1.92. The molecule has 4 aliphatic rings. The van der Waals surface area contributed by atoms with Gasteiger partial charge in [0.25, 0.3) is 0 Å². The van der Waals surface area contributed by atoms with Crippen LogP contribution in [-0.2, 0) is 30.4 Å². The number of rotatable bonds is 3.